The van der Waals surface area contributed by atoms with E-state index < -0.39 is 0 Å². The monoisotopic (exact) mass is 337 g/mol. The normalized spacial score (nSPS) is 29.5. The van der Waals surface area contributed by atoms with E-state index in [-0.39, 0.29) is 11.8 Å². The number of carbonyl (C=O) groups excluding carboxylic acids is 1. The molecular weight excluding hydrogens is 318 g/mol. The molecule has 20 heavy (non-hydrogen) atoms. The van der Waals surface area contributed by atoms with Crippen molar-refractivity contribution in [2.75, 3.05) is 19.7 Å². The zero-order chi connectivity index (χ0) is 14.1. The number of likely N-dealkylation sites (tertiary alicyclic amines) is 1. The van der Waals surface area contributed by atoms with Gasteiger partial charge in [0.1, 0.15) is 5.75 Å². The van der Waals surface area contributed by atoms with Crippen LogP contribution in [0.25, 0.3) is 0 Å². The van der Waals surface area contributed by atoms with Crippen LogP contribution in [0.15, 0.2) is 24.3 Å². The molecule has 4 heteroatoms. The van der Waals surface area contributed by atoms with Gasteiger partial charge < -0.3 is 9.64 Å². The fraction of sp³-hybridized carbons (Fsp3) is 0.562. The van der Waals surface area contributed by atoms with Gasteiger partial charge in [-0.1, -0.05) is 41.1 Å². The average molecular weight is 338 g/mol. The Bertz CT molecular complexity index is 505. The summed E-state index contributed by atoms with van der Waals surface area (Å²) in [5.74, 6) is 1.74. The predicted molar refractivity (Wildman–Crippen MR) is 82.4 cm³/mol. The minimum Gasteiger partial charge on any atom is -0.493 e. The molecule has 0 aromatic heterocycles. The summed E-state index contributed by atoms with van der Waals surface area (Å²) in [5, 5.41) is 0. The van der Waals surface area contributed by atoms with E-state index in [4.69, 9.17) is 4.74 Å². The van der Waals surface area contributed by atoms with Gasteiger partial charge in [-0.25, -0.2) is 0 Å². The second kappa shape index (κ2) is 5.76. The molecule has 0 aliphatic carbocycles. The van der Waals surface area contributed by atoms with Crippen molar-refractivity contribution in [3.63, 3.8) is 0 Å². The number of hydrogen-bond donors (Lipinski definition) is 0. The second-order valence-corrected chi connectivity index (χ2v) is 6.97. The molecule has 0 radical (unpaired) electrons. The molecule has 3 unspecified atom stereocenters. The molecule has 1 aromatic rings. The van der Waals surface area contributed by atoms with E-state index in [1.807, 2.05) is 29.2 Å². The van der Waals surface area contributed by atoms with Gasteiger partial charge in [-0.3, -0.25) is 4.79 Å². The molecule has 1 amide bonds. The Labute approximate surface area is 128 Å². The lowest BCUT2D eigenvalue weighted by Gasteiger charge is -2.37. The number of amides is 1. The highest BCUT2D eigenvalue weighted by molar-refractivity contribution is 9.09. The first-order valence-electron chi connectivity index (χ1n) is 7.31. The van der Waals surface area contributed by atoms with Gasteiger partial charge in [0.05, 0.1) is 12.5 Å². The van der Waals surface area contributed by atoms with Crippen LogP contribution in [0.5, 0.6) is 5.75 Å². The molecule has 3 nitrogen and oxygen atoms in total. The van der Waals surface area contributed by atoms with Crippen LogP contribution in [-0.4, -0.2) is 35.3 Å². The first-order chi connectivity index (χ1) is 9.66. The Kier molecular flexibility index (Phi) is 4.01. The molecule has 2 aliphatic heterocycles. The number of para-hydroxylation sites is 1. The van der Waals surface area contributed by atoms with Gasteiger partial charge in [-0.05, 0) is 24.8 Å². The maximum Gasteiger partial charge on any atom is 0.230 e. The van der Waals surface area contributed by atoms with Crippen LogP contribution in [0, 0.1) is 5.92 Å². The van der Waals surface area contributed by atoms with Gasteiger partial charge in [0, 0.05) is 23.5 Å². The molecule has 108 valence electrons. The summed E-state index contributed by atoms with van der Waals surface area (Å²) >= 11 is 3.70. The van der Waals surface area contributed by atoms with E-state index in [0.29, 0.717) is 17.4 Å². The zero-order valence-electron chi connectivity index (χ0n) is 11.7. The second-order valence-electron chi connectivity index (χ2n) is 5.79. The number of nitrogens with zero attached hydrogens (tertiary/aromatic N) is 1. The summed E-state index contributed by atoms with van der Waals surface area (Å²) in [7, 11) is 0. The minimum atomic E-state index is -0.0342. The molecule has 0 N–H and O–H groups in total. The summed E-state index contributed by atoms with van der Waals surface area (Å²) in [4.78, 5) is 15.2. The summed E-state index contributed by atoms with van der Waals surface area (Å²) in [6.45, 7) is 4.57. The fourth-order valence-corrected chi connectivity index (χ4v) is 3.66. The number of benzene rings is 1. The van der Waals surface area contributed by atoms with Gasteiger partial charge in [0.2, 0.25) is 5.91 Å². The molecule has 0 saturated carbocycles. The largest absolute Gasteiger partial charge is 0.493 e. The highest BCUT2D eigenvalue weighted by Gasteiger charge is 2.34. The molecule has 1 saturated heterocycles. The lowest BCUT2D eigenvalue weighted by Crippen LogP contribution is -2.46. The zero-order valence-corrected chi connectivity index (χ0v) is 13.3. The Balaban J connectivity index is 1.78. The lowest BCUT2D eigenvalue weighted by molar-refractivity contribution is -0.134. The summed E-state index contributed by atoms with van der Waals surface area (Å²) in [6, 6.07) is 7.93. The Hall–Kier alpha value is -1.03. The SMILES string of the molecule is CC1CCN(C(=O)C2CCOc3ccccc32)CC1Br. The fourth-order valence-electron chi connectivity index (χ4n) is 3.04. The summed E-state index contributed by atoms with van der Waals surface area (Å²) in [5.41, 5.74) is 1.05. The highest BCUT2D eigenvalue weighted by atomic mass is 79.9. The number of ether oxygens (including phenoxy) is 1. The van der Waals surface area contributed by atoms with Crippen molar-refractivity contribution in [1.29, 1.82) is 0 Å². The molecule has 3 atom stereocenters. The van der Waals surface area contributed by atoms with Crippen LogP contribution < -0.4 is 4.74 Å². The van der Waals surface area contributed by atoms with Crippen molar-refractivity contribution in [3.8, 4) is 5.75 Å². The number of fused-ring (bicyclic) bond motifs is 1. The first kappa shape index (κ1) is 13.9. The van der Waals surface area contributed by atoms with Crippen molar-refractivity contribution >= 4 is 21.8 Å². The maximum atomic E-state index is 12.8. The molecular formula is C16H20BrNO2. The van der Waals surface area contributed by atoms with Crippen molar-refractivity contribution in [2.24, 2.45) is 5.92 Å². The van der Waals surface area contributed by atoms with Gasteiger partial charge in [0.15, 0.2) is 0 Å². The highest BCUT2D eigenvalue weighted by Crippen LogP contribution is 2.35. The van der Waals surface area contributed by atoms with Crippen molar-refractivity contribution in [2.45, 2.75) is 30.5 Å². The smallest absolute Gasteiger partial charge is 0.230 e. The predicted octanol–water partition coefficient (Wildman–Crippen LogP) is 3.18. The van der Waals surface area contributed by atoms with Crippen LogP contribution in [0.1, 0.15) is 31.2 Å². The molecule has 0 bridgehead atoms. The third-order valence-corrected chi connectivity index (χ3v) is 5.63. The van der Waals surface area contributed by atoms with E-state index in [1.165, 1.54) is 0 Å². The maximum absolute atomic E-state index is 12.8. The van der Waals surface area contributed by atoms with Crippen LogP contribution in [0.4, 0.5) is 0 Å². The van der Waals surface area contributed by atoms with Crippen LogP contribution in [0.2, 0.25) is 0 Å². The number of alkyl halides is 1. The first-order valence-corrected chi connectivity index (χ1v) is 8.23. The minimum absolute atomic E-state index is 0.0342. The number of halogens is 1. The van der Waals surface area contributed by atoms with E-state index in [9.17, 15) is 4.79 Å². The molecule has 1 aromatic carbocycles. The van der Waals surface area contributed by atoms with Gasteiger partial charge >= 0.3 is 0 Å². The topological polar surface area (TPSA) is 29.5 Å². The number of piperidine rings is 1. The molecule has 3 rings (SSSR count). The molecule has 2 heterocycles. The number of hydrogen-bond acceptors (Lipinski definition) is 2. The third kappa shape index (κ3) is 2.58. The van der Waals surface area contributed by atoms with E-state index >= 15 is 0 Å². The quantitative estimate of drug-likeness (QED) is 0.736. The van der Waals surface area contributed by atoms with Crippen LogP contribution in [-0.2, 0) is 4.79 Å². The van der Waals surface area contributed by atoms with Crippen LogP contribution in [0.3, 0.4) is 0 Å². The number of rotatable bonds is 1. The van der Waals surface area contributed by atoms with E-state index in [0.717, 1.165) is 37.2 Å². The number of carbonyl (C=O) groups is 1. The summed E-state index contributed by atoms with van der Waals surface area (Å²) < 4.78 is 5.65. The lowest BCUT2D eigenvalue weighted by atomic mass is 9.90. The average Bonchev–Trinajstić information content (AvgIpc) is 2.49. The van der Waals surface area contributed by atoms with Crippen molar-refractivity contribution < 1.29 is 9.53 Å². The summed E-state index contributed by atoms with van der Waals surface area (Å²) in [6.07, 6.45) is 1.86. The molecule has 0 spiro atoms. The molecule has 2 aliphatic rings. The van der Waals surface area contributed by atoms with Crippen molar-refractivity contribution in [3.05, 3.63) is 29.8 Å². The molecule has 1 fully saturated rings. The Morgan fingerprint density at radius 3 is 2.95 bits per heavy atom. The van der Waals surface area contributed by atoms with Crippen LogP contribution >= 0.6 is 15.9 Å². The van der Waals surface area contributed by atoms with Gasteiger partial charge in [0.25, 0.3) is 0 Å². The standard InChI is InChI=1S/C16H20BrNO2/c1-11-6-8-18(10-14(11)17)16(19)13-7-9-20-15-5-3-2-4-12(13)15/h2-5,11,13-14H,6-10H2,1H3. The van der Waals surface area contributed by atoms with E-state index in [2.05, 4.69) is 22.9 Å². The van der Waals surface area contributed by atoms with Gasteiger partial charge in [-0.15, -0.1) is 0 Å². The van der Waals surface area contributed by atoms with E-state index in [1.54, 1.807) is 0 Å². The third-order valence-electron chi connectivity index (χ3n) is 4.43. The Morgan fingerprint density at radius 1 is 1.35 bits per heavy atom. The van der Waals surface area contributed by atoms with Gasteiger partial charge in [-0.2, -0.15) is 0 Å². The van der Waals surface area contributed by atoms with Crippen molar-refractivity contribution in [1.82, 2.24) is 4.90 Å². The Morgan fingerprint density at radius 2 is 2.15 bits per heavy atom.